The van der Waals surface area contributed by atoms with Crippen LogP contribution < -0.4 is 5.43 Å². The molecule has 12 heteroatoms. The second-order valence-electron chi connectivity index (χ2n) is 6.83. The summed E-state index contributed by atoms with van der Waals surface area (Å²) in [6.07, 6.45) is 0.917. The summed E-state index contributed by atoms with van der Waals surface area (Å²) in [7, 11) is 0. The maximum absolute atomic E-state index is 11.6. The van der Waals surface area contributed by atoms with Crippen molar-refractivity contribution in [1.29, 1.82) is 0 Å². The van der Waals surface area contributed by atoms with Crippen LogP contribution in [0.15, 0.2) is 51.7 Å². The fourth-order valence-corrected chi connectivity index (χ4v) is 2.68. The SMILES string of the molecule is CC(=O)c1c(O)cccc1O.CCOC(=O)C(=O)OCC.CCc1cc(=O)c2c(O)cccc2o1.O=C=O. The summed E-state index contributed by atoms with van der Waals surface area (Å²) in [6, 6.07) is 10.4. The predicted molar refractivity (Wildman–Crippen MR) is 132 cm³/mol. The van der Waals surface area contributed by atoms with Crippen LogP contribution in [-0.2, 0) is 35.1 Å². The van der Waals surface area contributed by atoms with Gasteiger partial charge in [-0.15, -0.1) is 0 Å². The number of Topliss-reactive ketones (excluding diaryl/α,β-unsaturated/α-hetero) is 1. The van der Waals surface area contributed by atoms with Crippen LogP contribution in [0.3, 0.4) is 0 Å². The molecule has 2 aromatic carbocycles. The van der Waals surface area contributed by atoms with Crippen LogP contribution in [0.5, 0.6) is 17.2 Å². The first-order valence-electron chi connectivity index (χ1n) is 11.1. The number of ether oxygens (including phenoxy) is 2. The third kappa shape index (κ3) is 10.8. The molecule has 0 atom stereocenters. The minimum absolute atomic E-state index is 0.0208. The molecular formula is C26H28O12. The number of hydrogen-bond donors (Lipinski definition) is 3. The van der Waals surface area contributed by atoms with E-state index >= 15 is 0 Å². The molecule has 0 amide bonds. The molecule has 0 aliphatic carbocycles. The number of phenols is 3. The maximum Gasteiger partial charge on any atom is 0.417 e. The number of rotatable bonds is 4. The molecule has 0 saturated carbocycles. The first-order valence-corrected chi connectivity index (χ1v) is 11.1. The lowest BCUT2D eigenvalue weighted by Gasteiger charge is -2.01. The van der Waals surface area contributed by atoms with E-state index < -0.39 is 11.9 Å². The Morgan fingerprint density at radius 1 is 0.842 bits per heavy atom. The monoisotopic (exact) mass is 532 g/mol. The van der Waals surface area contributed by atoms with Gasteiger partial charge in [-0.05, 0) is 45.0 Å². The van der Waals surface area contributed by atoms with Gasteiger partial charge in [-0.1, -0.05) is 19.1 Å². The molecular weight excluding hydrogens is 504 g/mol. The summed E-state index contributed by atoms with van der Waals surface area (Å²) in [5.41, 5.74) is 0.225. The fraction of sp³-hybridized carbons (Fsp3) is 0.269. The maximum atomic E-state index is 11.6. The Morgan fingerprint density at radius 3 is 1.68 bits per heavy atom. The number of ketones is 1. The van der Waals surface area contributed by atoms with Gasteiger partial charge in [0.25, 0.3) is 0 Å². The molecule has 0 radical (unpaired) electrons. The minimum atomic E-state index is -0.927. The van der Waals surface area contributed by atoms with Crippen molar-refractivity contribution in [2.45, 2.75) is 34.1 Å². The van der Waals surface area contributed by atoms with E-state index in [0.717, 1.165) is 0 Å². The van der Waals surface area contributed by atoms with Crippen LogP contribution >= 0.6 is 0 Å². The Kier molecular flexibility index (Phi) is 15.2. The number of esters is 2. The highest BCUT2D eigenvalue weighted by Crippen LogP contribution is 2.26. The van der Waals surface area contributed by atoms with E-state index in [1.54, 1.807) is 26.0 Å². The third-order valence-corrected chi connectivity index (χ3v) is 4.22. The molecule has 0 spiro atoms. The van der Waals surface area contributed by atoms with Crippen molar-refractivity contribution < 1.29 is 53.2 Å². The molecule has 0 saturated heterocycles. The lowest BCUT2D eigenvalue weighted by atomic mass is 10.1. The molecule has 0 unspecified atom stereocenters. The number of hydrogen-bond acceptors (Lipinski definition) is 12. The topological polar surface area (TPSA) is 195 Å². The van der Waals surface area contributed by atoms with E-state index in [1.807, 2.05) is 6.92 Å². The highest BCUT2D eigenvalue weighted by molar-refractivity contribution is 6.29. The van der Waals surface area contributed by atoms with Crippen molar-refractivity contribution in [1.82, 2.24) is 0 Å². The summed E-state index contributed by atoms with van der Waals surface area (Å²) in [5.74, 6) is -1.96. The van der Waals surface area contributed by atoms with Gasteiger partial charge in [0, 0.05) is 12.5 Å². The predicted octanol–water partition coefficient (Wildman–Crippen LogP) is 2.89. The fourth-order valence-electron chi connectivity index (χ4n) is 2.68. The van der Waals surface area contributed by atoms with Crippen molar-refractivity contribution in [2.24, 2.45) is 0 Å². The standard InChI is InChI=1S/C11H10O3.C8H8O3.C6H10O4.CO2/c1-2-7-6-9(13)11-8(12)4-3-5-10(11)14-7;1-5(9)8-6(10)3-2-4-7(8)11;1-3-9-5(7)6(8)10-4-2;2-1-3/h3-6,12H,2H2,1H3;2-4,10-11H,1H3;3-4H2,1-2H3;. The summed E-state index contributed by atoms with van der Waals surface area (Å²) >= 11 is 0. The van der Waals surface area contributed by atoms with Crippen molar-refractivity contribution in [3.63, 3.8) is 0 Å². The Labute approximate surface area is 217 Å². The van der Waals surface area contributed by atoms with Gasteiger partial charge < -0.3 is 29.2 Å². The average molecular weight is 532 g/mol. The van der Waals surface area contributed by atoms with E-state index in [0.29, 0.717) is 17.8 Å². The number of carbonyl (C=O) groups excluding carboxylic acids is 5. The van der Waals surface area contributed by atoms with Crippen LogP contribution in [-0.4, -0.2) is 52.4 Å². The van der Waals surface area contributed by atoms with Gasteiger partial charge in [0.2, 0.25) is 0 Å². The molecule has 0 bridgehead atoms. The Hall–Kier alpha value is -4.96. The Balaban J connectivity index is 0.000000522. The van der Waals surface area contributed by atoms with Crippen molar-refractivity contribution >= 4 is 34.8 Å². The molecule has 1 aromatic heterocycles. The highest BCUT2D eigenvalue weighted by Gasteiger charge is 2.14. The van der Waals surface area contributed by atoms with Gasteiger partial charge >= 0.3 is 18.1 Å². The molecule has 3 rings (SSSR count). The second-order valence-corrected chi connectivity index (χ2v) is 6.83. The summed E-state index contributed by atoms with van der Waals surface area (Å²) in [5, 5.41) is 27.9. The number of aryl methyl sites for hydroxylation is 1. The van der Waals surface area contributed by atoms with Gasteiger partial charge in [0.15, 0.2) is 11.2 Å². The van der Waals surface area contributed by atoms with Gasteiger partial charge in [0.05, 0.1) is 13.2 Å². The highest BCUT2D eigenvalue weighted by atomic mass is 16.6. The first-order chi connectivity index (χ1) is 18.0. The molecule has 3 N–H and O–H groups in total. The zero-order valence-electron chi connectivity index (χ0n) is 21.2. The number of aromatic hydroxyl groups is 3. The number of benzene rings is 2. The van der Waals surface area contributed by atoms with E-state index in [2.05, 4.69) is 9.47 Å². The lowest BCUT2D eigenvalue weighted by Crippen LogP contribution is -2.19. The zero-order valence-corrected chi connectivity index (χ0v) is 21.2. The summed E-state index contributed by atoms with van der Waals surface area (Å²) < 4.78 is 14.1. The number of phenolic OH excluding ortho intramolecular Hbond substituents is 3. The molecule has 38 heavy (non-hydrogen) atoms. The van der Waals surface area contributed by atoms with Gasteiger partial charge in [-0.3, -0.25) is 9.59 Å². The van der Waals surface area contributed by atoms with E-state index in [9.17, 15) is 24.3 Å². The average Bonchev–Trinajstić information content (AvgIpc) is 2.85. The third-order valence-electron chi connectivity index (χ3n) is 4.22. The first kappa shape index (κ1) is 33.0. The number of carbonyl (C=O) groups is 3. The van der Waals surface area contributed by atoms with E-state index in [4.69, 9.17) is 24.2 Å². The van der Waals surface area contributed by atoms with Crippen molar-refractivity contribution in [2.75, 3.05) is 13.2 Å². The molecule has 0 aliphatic heterocycles. The minimum Gasteiger partial charge on any atom is -0.507 e. The van der Waals surface area contributed by atoms with Crippen LogP contribution in [0.4, 0.5) is 0 Å². The van der Waals surface area contributed by atoms with Gasteiger partial charge in [-0.2, -0.15) is 9.59 Å². The van der Waals surface area contributed by atoms with Gasteiger partial charge in [0.1, 0.15) is 39.5 Å². The van der Waals surface area contributed by atoms with E-state index in [1.165, 1.54) is 37.3 Å². The molecule has 0 aliphatic rings. The largest absolute Gasteiger partial charge is 0.507 e. The molecule has 0 fully saturated rings. The normalized spacial score (nSPS) is 9.16. The van der Waals surface area contributed by atoms with Gasteiger partial charge in [-0.25, -0.2) is 9.59 Å². The smallest absolute Gasteiger partial charge is 0.417 e. The second kappa shape index (κ2) is 17.5. The summed E-state index contributed by atoms with van der Waals surface area (Å²) in [4.78, 5) is 59.4. The molecule has 204 valence electrons. The van der Waals surface area contributed by atoms with E-state index in [-0.39, 0.29) is 58.8 Å². The quantitative estimate of drug-likeness (QED) is 0.253. The lowest BCUT2D eigenvalue weighted by molar-refractivity contribution is -0.191. The molecule has 1 heterocycles. The Bertz CT molecular complexity index is 1280. The number of fused-ring (bicyclic) bond motifs is 1. The molecule has 12 nitrogen and oxygen atoms in total. The van der Waals surface area contributed by atoms with Crippen molar-refractivity contribution in [3.05, 3.63) is 64.0 Å². The summed E-state index contributed by atoms with van der Waals surface area (Å²) in [6.45, 7) is 6.82. The Morgan fingerprint density at radius 2 is 1.29 bits per heavy atom. The van der Waals surface area contributed by atoms with Crippen molar-refractivity contribution in [3.8, 4) is 17.2 Å². The van der Waals surface area contributed by atoms with Crippen LogP contribution in [0.25, 0.3) is 11.0 Å². The van der Waals surface area contributed by atoms with Crippen LogP contribution in [0, 0.1) is 0 Å². The van der Waals surface area contributed by atoms with Crippen LogP contribution in [0.1, 0.15) is 43.8 Å². The zero-order chi connectivity index (χ0) is 29.3. The molecule has 3 aromatic rings. The van der Waals surface area contributed by atoms with Crippen LogP contribution in [0.2, 0.25) is 0 Å².